The van der Waals surface area contributed by atoms with Crippen molar-refractivity contribution in [3.63, 3.8) is 0 Å². The van der Waals surface area contributed by atoms with Crippen molar-refractivity contribution in [2.24, 2.45) is 11.7 Å². The van der Waals surface area contributed by atoms with Gasteiger partial charge in [0.25, 0.3) is 10.0 Å². The Balaban J connectivity index is 2.19. The Morgan fingerprint density at radius 1 is 1.38 bits per heavy atom. The number of sulfonamides is 1. The van der Waals surface area contributed by atoms with Crippen LogP contribution >= 0.6 is 0 Å². The molecular formula is C14H26N4O2S. The fourth-order valence-corrected chi connectivity index (χ4v) is 4.75. The van der Waals surface area contributed by atoms with Gasteiger partial charge in [0, 0.05) is 30.9 Å². The second-order valence-corrected chi connectivity index (χ2v) is 7.68. The number of aromatic amines is 1. The van der Waals surface area contributed by atoms with Gasteiger partial charge in [-0.2, -0.15) is 9.40 Å². The SMILES string of the molecule is CCCC1CCCN(S(=O)(=O)c2n[nH]c(C)c2CN)CC1. The van der Waals surface area contributed by atoms with E-state index in [1.165, 1.54) is 6.42 Å². The number of nitrogens with zero attached hydrogens (tertiary/aromatic N) is 2. The lowest BCUT2D eigenvalue weighted by atomic mass is 9.96. The van der Waals surface area contributed by atoms with Crippen LogP contribution in [0.25, 0.3) is 0 Å². The van der Waals surface area contributed by atoms with Crippen molar-refractivity contribution in [1.82, 2.24) is 14.5 Å². The van der Waals surface area contributed by atoms with Crippen molar-refractivity contribution in [1.29, 1.82) is 0 Å². The second kappa shape index (κ2) is 6.89. The van der Waals surface area contributed by atoms with E-state index in [0.29, 0.717) is 24.6 Å². The summed E-state index contributed by atoms with van der Waals surface area (Å²) in [6, 6.07) is 0. The molecule has 1 aliphatic rings. The summed E-state index contributed by atoms with van der Waals surface area (Å²) in [5.74, 6) is 0.644. The predicted octanol–water partition coefficient (Wildman–Crippen LogP) is 1.77. The van der Waals surface area contributed by atoms with Crippen LogP contribution in [0.2, 0.25) is 0 Å². The van der Waals surface area contributed by atoms with E-state index in [4.69, 9.17) is 5.73 Å². The molecule has 1 aromatic rings. The Kier molecular flexibility index (Phi) is 5.40. The molecule has 1 fully saturated rings. The van der Waals surface area contributed by atoms with Crippen LogP contribution in [-0.2, 0) is 16.6 Å². The van der Waals surface area contributed by atoms with Crippen LogP contribution in [0.5, 0.6) is 0 Å². The molecule has 0 aromatic carbocycles. The third-order valence-electron chi connectivity index (χ3n) is 4.33. The molecule has 1 unspecified atom stereocenters. The van der Waals surface area contributed by atoms with Gasteiger partial charge in [-0.1, -0.05) is 19.8 Å². The number of aromatic nitrogens is 2. The third kappa shape index (κ3) is 3.46. The van der Waals surface area contributed by atoms with Crippen molar-refractivity contribution < 1.29 is 8.42 Å². The van der Waals surface area contributed by atoms with E-state index < -0.39 is 10.0 Å². The molecule has 1 aliphatic heterocycles. The zero-order valence-electron chi connectivity index (χ0n) is 12.9. The number of nitrogens with one attached hydrogen (secondary N) is 1. The highest BCUT2D eigenvalue weighted by molar-refractivity contribution is 7.89. The number of hydrogen-bond acceptors (Lipinski definition) is 4. The summed E-state index contributed by atoms with van der Waals surface area (Å²) in [7, 11) is -3.53. The summed E-state index contributed by atoms with van der Waals surface area (Å²) in [4.78, 5) is 0. The van der Waals surface area contributed by atoms with Crippen molar-refractivity contribution in [2.45, 2.75) is 57.5 Å². The van der Waals surface area contributed by atoms with Crippen LogP contribution in [0.1, 0.15) is 50.3 Å². The zero-order chi connectivity index (χ0) is 15.5. The van der Waals surface area contributed by atoms with Gasteiger partial charge in [-0.15, -0.1) is 0 Å². The summed E-state index contributed by atoms with van der Waals surface area (Å²) in [6.07, 6.45) is 5.32. The molecule has 21 heavy (non-hydrogen) atoms. The first-order valence-corrected chi connectivity index (χ1v) is 9.18. The summed E-state index contributed by atoms with van der Waals surface area (Å²) >= 11 is 0. The van der Waals surface area contributed by atoms with E-state index in [9.17, 15) is 8.42 Å². The first-order valence-electron chi connectivity index (χ1n) is 7.74. The Bertz CT molecular complexity index is 568. The van der Waals surface area contributed by atoms with E-state index >= 15 is 0 Å². The lowest BCUT2D eigenvalue weighted by Crippen LogP contribution is -2.33. The van der Waals surface area contributed by atoms with Crippen LogP contribution < -0.4 is 5.73 Å². The molecule has 120 valence electrons. The van der Waals surface area contributed by atoms with Gasteiger partial charge in [0.05, 0.1) is 0 Å². The molecule has 0 aliphatic carbocycles. The fraction of sp³-hybridized carbons (Fsp3) is 0.786. The Morgan fingerprint density at radius 3 is 2.81 bits per heavy atom. The van der Waals surface area contributed by atoms with Crippen LogP contribution in [0, 0.1) is 12.8 Å². The molecular weight excluding hydrogens is 288 g/mol. The average molecular weight is 314 g/mol. The van der Waals surface area contributed by atoms with Crippen molar-refractivity contribution in [3.05, 3.63) is 11.3 Å². The van der Waals surface area contributed by atoms with Gasteiger partial charge in [-0.05, 0) is 32.1 Å². The number of H-pyrrole nitrogens is 1. The lowest BCUT2D eigenvalue weighted by Gasteiger charge is -2.19. The van der Waals surface area contributed by atoms with Gasteiger partial charge in [0.15, 0.2) is 5.03 Å². The topological polar surface area (TPSA) is 92.1 Å². The number of aryl methyl sites for hydroxylation is 1. The molecule has 2 rings (SSSR count). The highest BCUT2D eigenvalue weighted by atomic mass is 32.2. The minimum atomic E-state index is -3.53. The molecule has 0 amide bonds. The minimum absolute atomic E-state index is 0.108. The molecule has 6 nitrogen and oxygen atoms in total. The third-order valence-corrected chi connectivity index (χ3v) is 6.20. The van der Waals surface area contributed by atoms with E-state index in [-0.39, 0.29) is 11.6 Å². The summed E-state index contributed by atoms with van der Waals surface area (Å²) in [6.45, 7) is 5.33. The maximum Gasteiger partial charge on any atom is 0.262 e. The Hall–Kier alpha value is -0.920. The van der Waals surface area contributed by atoms with Crippen molar-refractivity contribution in [2.75, 3.05) is 13.1 Å². The Labute approximate surface area is 127 Å². The summed E-state index contributed by atoms with van der Waals surface area (Å²) in [5, 5.41) is 6.83. The van der Waals surface area contributed by atoms with Crippen molar-refractivity contribution >= 4 is 10.0 Å². The molecule has 0 radical (unpaired) electrons. The second-order valence-electron chi connectivity index (χ2n) is 5.83. The standard InChI is InChI=1S/C14H26N4O2S/c1-3-5-12-6-4-8-18(9-7-12)21(19,20)14-13(10-15)11(2)16-17-14/h12H,3-10,15H2,1-2H3,(H,16,17). The number of nitrogens with two attached hydrogens (primary N) is 1. The molecule has 0 saturated carbocycles. The van der Waals surface area contributed by atoms with Crippen LogP contribution in [0.15, 0.2) is 5.03 Å². The fourth-order valence-electron chi connectivity index (χ4n) is 3.08. The average Bonchev–Trinajstić information content (AvgIpc) is 2.68. The molecule has 3 N–H and O–H groups in total. The molecule has 1 saturated heterocycles. The van der Waals surface area contributed by atoms with E-state index in [2.05, 4.69) is 17.1 Å². The lowest BCUT2D eigenvalue weighted by molar-refractivity contribution is 0.398. The molecule has 0 spiro atoms. The van der Waals surface area contributed by atoms with Gasteiger partial charge in [0.2, 0.25) is 0 Å². The molecule has 2 heterocycles. The van der Waals surface area contributed by atoms with Crippen LogP contribution in [-0.4, -0.2) is 36.0 Å². The minimum Gasteiger partial charge on any atom is -0.326 e. The van der Waals surface area contributed by atoms with Crippen molar-refractivity contribution in [3.8, 4) is 0 Å². The smallest absolute Gasteiger partial charge is 0.262 e. The highest BCUT2D eigenvalue weighted by Gasteiger charge is 2.31. The predicted molar refractivity (Wildman–Crippen MR) is 82.2 cm³/mol. The molecule has 7 heteroatoms. The quantitative estimate of drug-likeness (QED) is 0.866. The van der Waals surface area contributed by atoms with E-state index in [1.807, 2.05) is 0 Å². The number of rotatable bonds is 5. The van der Waals surface area contributed by atoms with Crippen LogP contribution in [0.3, 0.4) is 0 Å². The first kappa shape index (κ1) is 16.5. The zero-order valence-corrected chi connectivity index (χ0v) is 13.7. The Morgan fingerprint density at radius 2 is 2.14 bits per heavy atom. The van der Waals surface area contributed by atoms with Crippen LogP contribution in [0.4, 0.5) is 0 Å². The monoisotopic (exact) mass is 314 g/mol. The van der Waals surface area contributed by atoms with Gasteiger partial charge >= 0.3 is 0 Å². The molecule has 0 bridgehead atoms. The summed E-state index contributed by atoms with van der Waals surface area (Å²) < 4.78 is 27.2. The van der Waals surface area contributed by atoms with E-state index in [0.717, 1.165) is 31.4 Å². The molecule has 1 aromatic heterocycles. The largest absolute Gasteiger partial charge is 0.326 e. The van der Waals surface area contributed by atoms with Gasteiger partial charge in [-0.3, -0.25) is 5.10 Å². The highest BCUT2D eigenvalue weighted by Crippen LogP contribution is 2.26. The number of hydrogen-bond donors (Lipinski definition) is 2. The van der Waals surface area contributed by atoms with E-state index in [1.54, 1.807) is 11.2 Å². The maximum atomic E-state index is 12.8. The first-order chi connectivity index (χ1) is 10.0. The summed E-state index contributed by atoms with van der Waals surface area (Å²) in [5.41, 5.74) is 7.00. The maximum absolute atomic E-state index is 12.8. The molecule has 1 atom stereocenters. The van der Waals surface area contributed by atoms with Gasteiger partial charge in [-0.25, -0.2) is 8.42 Å². The normalized spacial score (nSPS) is 21.4. The van der Waals surface area contributed by atoms with Gasteiger partial charge in [0.1, 0.15) is 0 Å². The van der Waals surface area contributed by atoms with Gasteiger partial charge < -0.3 is 5.73 Å².